The standard InChI is InChI=1S/C41H69N5O5/c1-12-18-30(32(47)35(49)42-25-13-2)43-34(48)31-28-20-23-40(10,11)29(28)26-46(31)36(50)33(39(7,8)9)44-37(51)45-41(21-16-15-17-22-41)24-19-27(14-3)38(4,5)6/h13-14,28-31,33H,2,12,15-26H2,1,3-11H3,(H,42,49)(H,43,48)(H2,44,45,51)/b27-14-/t28-,29-,30?,31-,33+/m0/s1. The number of rotatable bonds is 14. The molecule has 1 heterocycles. The maximum absolute atomic E-state index is 14.7. The molecule has 5 amide bonds. The van der Waals surface area contributed by atoms with Crippen LogP contribution in [-0.2, 0) is 19.2 Å². The molecule has 1 unspecified atom stereocenters. The third-order valence-corrected chi connectivity index (χ3v) is 11.9. The largest absolute Gasteiger partial charge is 0.346 e. The Bertz CT molecular complexity index is 1320. The van der Waals surface area contributed by atoms with E-state index in [4.69, 9.17) is 0 Å². The summed E-state index contributed by atoms with van der Waals surface area (Å²) in [5, 5.41) is 11.9. The third-order valence-electron chi connectivity index (χ3n) is 11.9. The maximum Gasteiger partial charge on any atom is 0.315 e. The molecule has 288 valence electrons. The van der Waals surface area contributed by atoms with Crippen molar-refractivity contribution in [2.24, 2.45) is 28.1 Å². The Morgan fingerprint density at radius 2 is 1.61 bits per heavy atom. The van der Waals surface area contributed by atoms with Crippen LogP contribution >= 0.6 is 0 Å². The number of likely N-dealkylation sites (tertiary alicyclic amines) is 1. The van der Waals surface area contributed by atoms with Gasteiger partial charge in [-0.2, -0.15) is 0 Å². The predicted molar refractivity (Wildman–Crippen MR) is 204 cm³/mol. The normalized spacial score (nSPS) is 24.2. The molecule has 0 radical (unpaired) electrons. The van der Waals surface area contributed by atoms with Crippen LogP contribution in [0.2, 0.25) is 0 Å². The van der Waals surface area contributed by atoms with E-state index in [0.29, 0.717) is 19.4 Å². The van der Waals surface area contributed by atoms with Crippen molar-refractivity contribution in [3.05, 3.63) is 24.3 Å². The summed E-state index contributed by atoms with van der Waals surface area (Å²) in [6, 6.07) is -3.08. The van der Waals surface area contributed by atoms with Crippen molar-refractivity contribution >= 4 is 29.5 Å². The predicted octanol–water partition coefficient (Wildman–Crippen LogP) is 6.60. The minimum absolute atomic E-state index is 0.0454. The summed E-state index contributed by atoms with van der Waals surface area (Å²) in [4.78, 5) is 70.4. The van der Waals surface area contributed by atoms with Crippen LogP contribution in [-0.4, -0.2) is 71.2 Å². The molecule has 5 atom stereocenters. The lowest BCUT2D eigenvalue weighted by molar-refractivity contribution is -0.144. The molecule has 10 nitrogen and oxygen atoms in total. The number of amides is 5. The van der Waals surface area contributed by atoms with Gasteiger partial charge in [-0.05, 0) is 80.0 Å². The van der Waals surface area contributed by atoms with E-state index in [9.17, 15) is 24.0 Å². The first kappa shape index (κ1) is 42.2. The lowest BCUT2D eigenvalue weighted by Gasteiger charge is -2.41. The van der Waals surface area contributed by atoms with Crippen LogP contribution in [0.5, 0.6) is 0 Å². The number of urea groups is 1. The average molecular weight is 712 g/mol. The van der Waals surface area contributed by atoms with E-state index in [0.717, 1.165) is 57.8 Å². The van der Waals surface area contributed by atoms with Gasteiger partial charge in [0, 0.05) is 18.6 Å². The Morgan fingerprint density at radius 3 is 2.16 bits per heavy atom. The molecule has 0 aromatic heterocycles. The molecule has 51 heavy (non-hydrogen) atoms. The molecule has 0 spiro atoms. The van der Waals surface area contributed by atoms with E-state index >= 15 is 0 Å². The summed E-state index contributed by atoms with van der Waals surface area (Å²) < 4.78 is 0. The third kappa shape index (κ3) is 10.5. The van der Waals surface area contributed by atoms with Crippen LogP contribution in [0.25, 0.3) is 0 Å². The molecule has 3 fully saturated rings. The van der Waals surface area contributed by atoms with Gasteiger partial charge < -0.3 is 26.2 Å². The van der Waals surface area contributed by atoms with Gasteiger partial charge in [0.2, 0.25) is 17.6 Å². The van der Waals surface area contributed by atoms with Gasteiger partial charge in [-0.25, -0.2) is 4.79 Å². The fourth-order valence-electron chi connectivity index (χ4n) is 8.82. The van der Waals surface area contributed by atoms with Crippen molar-refractivity contribution in [2.75, 3.05) is 13.1 Å². The highest BCUT2D eigenvalue weighted by atomic mass is 16.2. The number of Topliss-reactive ketones (excluding diaryl/α,β-unsaturated/α-hetero) is 1. The molecule has 0 aromatic rings. The van der Waals surface area contributed by atoms with E-state index in [2.05, 4.69) is 75.5 Å². The number of nitrogens with zero attached hydrogens (tertiary/aromatic N) is 1. The lowest BCUT2D eigenvalue weighted by Crippen LogP contribution is -2.62. The van der Waals surface area contributed by atoms with Gasteiger partial charge in [-0.1, -0.05) is 106 Å². The quantitative estimate of drug-likeness (QED) is 0.119. The Labute approximate surface area is 308 Å². The molecular weight excluding hydrogens is 642 g/mol. The molecule has 2 saturated carbocycles. The summed E-state index contributed by atoms with van der Waals surface area (Å²) in [5.41, 5.74) is 0.309. The number of hydrogen-bond donors (Lipinski definition) is 4. The molecule has 4 N–H and O–H groups in total. The summed E-state index contributed by atoms with van der Waals surface area (Å²) >= 11 is 0. The molecule has 3 aliphatic rings. The number of allylic oxidation sites excluding steroid dienone is 2. The Hall–Kier alpha value is -3.17. The van der Waals surface area contributed by atoms with E-state index in [1.807, 2.05) is 27.7 Å². The monoisotopic (exact) mass is 712 g/mol. The van der Waals surface area contributed by atoms with Gasteiger partial charge in [0.1, 0.15) is 12.1 Å². The second-order valence-electron chi connectivity index (χ2n) is 18.2. The van der Waals surface area contributed by atoms with Crippen LogP contribution in [0.1, 0.15) is 140 Å². The average Bonchev–Trinajstić information content (AvgIpc) is 3.58. The van der Waals surface area contributed by atoms with E-state index < -0.39 is 41.1 Å². The Kier molecular flexibility index (Phi) is 14.2. The number of fused-ring (bicyclic) bond motifs is 1. The van der Waals surface area contributed by atoms with Gasteiger partial charge >= 0.3 is 6.03 Å². The number of hydrogen-bond acceptors (Lipinski definition) is 5. The molecule has 0 aromatic carbocycles. The van der Waals surface area contributed by atoms with Gasteiger partial charge in [-0.3, -0.25) is 19.2 Å². The lowest BCUT2D eigenvalue weighted by atomic mass is 9.75. The SMILES string of the molecule is C=CCNC(=O)C(=O)C(CCC)NC(=O)[C@@H]1[C@H]2CCC(C)(C)[C@H]2CN1C(=O)[C@@H](NC(=O)NC1(CC/C(=C/C)C(C)(C)C)CCCCC1)C(C)(C)C. The first-order chi connectivity index (χ1) is 23.7. The minimum atomic E-state index is -1.01. The number of nitrogens with one attached hydrogen (secondary N) is 4. The number of carbonyl (C=O) groups excluding carboxylic acids is 5. The van der Waals surface area contributed by atoms with Crippen molar-refractivity contribution < 1.29 is 24.0 Å². The van der Waals surface area contributed by atoms with Crippen LogP contribution in [0, 0.1) is 28.1 Å². The van der Waals surface area contributed by atoms with Crippen LogP contribution in [0.3, 0.4) is 0 Å². The van der Waals surface area contributed by atoms with Crippen LogP contribution in [0.4, 0.5) is 4.79 Å². The smallest absolute Gasteiger partial charge is 0.315 e. The van der Waals surface area contributed by atoms with Gasteiger partial charge in [0.05, 0.1) is 6.04 Å². The summed E-state index contributed by atoms with van der Waals surface area (Å²) in [7, 11) is 0. The molecule has 3 rings (SSSR count). The molecule has 1 saturated heterocycles. The minimum Gasteiger partial charge on any atom is -0.346 e. The number of ketones is 1. The van der Waals surface area contributed by atoms with Crippen molar-refractivity contribution in [1.82, 2.24) is 26.2 Å². The second-order valence-corrected chi connectivity index (χ2v) is 18.2. The molecule has 1 aliphatic heterocycles. The molecular formula is C41H69N5O5. The van der Waals surface area contributed by atoms with E-state index in [-0.39, 0.29) is 46.7 Å². The Balaban J connectivity index is 1.88. The van der Waals surface area contributed by atoms with E-state index in [1.165, 1.54) is 11.6 Å². The fraction of sp³-hybridized carbons (Fsp3) is 0.780. The highest BCUT2D eigenvalue weighted by Gasteiger charge is 2.57. The van der Waals surface area contributed by atoms with Gasteiger partial charge in [-0.15, -0.1) is 6.58 Å². The first-order valence-electron chi connectivity index (χ1n) is 19.5. The highest BCUT2D eigenvalue weighted by Crippen LogP contribution is 2.53. The van der Waals surface area contributed by atoms with Gasteiger partial charge in [0.25, 0.3) is 5.91 Å². The fourth-order valence-corrected chi connectivity index (χ4v) is 8.82. The zero-order valence-corrected chi connectivity index (χ0v) is 33.4. The van der Waals surface area contributed by atoms with Crippen molar-refractivity contribution in [2.45, 2.75) is 164 Å². The summed E-state index contributed by atoms with van der Waals surface area (Å²) in [6.07, 6.45) is 13.0. The topological polar surface area (TPSA) is 137 Å². The van der Waals surface area contributed by atoms with E-state index in [1.54, 1.807) is 4.90 Å². The second kappa shape index (κ2) is 17.1. The van der Waals surface area contributed by atoms with Crippen molar-refractivity contribution in [3.63, 3.8) is 0 Å². The van der Waals surface area contributed by atoms with Crippen molar-refractivity contribution in [1.29, 1.82) is 0 Å². The zero-order chi connectivity index (χ0) is 38.4. The van der Waals surface area contributed by atoms with Gasteiger partial charge in [0.15, 0.2) is 0 Å². The van der Waals surface area contributed by atoms with Crippen molar-refractivity contribution in [3.8, 4) is 0 Å². The summed E-state index contributed by atoms with van der Waals surface area (Å²) in [5.74, 6) is -2.22. The highest BCUT2D eigenvalue weighted by molar-refractivity contribution is 6.38. The molecule has 0 bridgehead atoms. The molecule has 10 heteroatoms. The zero-order valence-electron chi connectivity index (χ0n) is 33.4. The number of carbonyl (C=O) groups is 5. The molecule has 2 aliphatic carbocycles. The van der Waals surface area contributed by atoms with Crippen LogP contribution < -0.4 is 21.3 Å². The maximum atomic E-state index is 14.7. The first-order valence-corrected chi connectivity index (χ1v) is 19.5. The Morgan fingerprint density at radius 1 is 0.961 bits per heavy atom. The summed E-state index contributed by atoms with van der Waals surface area (Å²) in [6.45, 7) is 24.9. The van der Waals surface area contributed by atoms with Crippen LogP contribution in [0.15, 0.2) is 24.3 Å².